The number of hydrogen-bond acceptors (Lipinski definition) is 3. The zero-order chi connectivity index (χ0) is 22.9. The zero-order valence-electron chi connectivity index (χ0n) is 18.9. The average Bonchev–Trinajstić information content (AvgIpc) is 2.80. The van der Waals surface area contributed by atoms with E-state index in [4.69, 9.17) is 0 Å². The van der Waals surface area contributed by atoms with E-state index in [2.05, 4.69) is 17.6 Å². The standard InChI is InChI=1S/C27H30N2O2S/c1-4-5-11-25(30)28-22-14-16-23(17-15-22)32-26(21-9-7-6-8-10-21)27(31)29-24-18-19(2)12-13-20(24)3/h6-10,12-18,26H,4-5,11H2,1-3H3,(H,28,30)(H,29,31). The first-order valence-electron chi connectivity index (χ1n) is 11.0. The van der Waals surface area contributed by atoms with Crippen molar-refractivity contribution in [1.82, 2.24) is 0 Å². The molecule has 3 rings (SSSR count). The van der Waals surface area contributed by atoms with Crippen molar-refractivity contribution in [3.63, 3.8) is 0 Å². The second-order valence-corrected chi connectivity index (χ2v) is 9.07. The van der Waals surface area contributed by atoms with Gasteiger partial charge in [0.05, 0.1) is 0 Å². The molecule has 0 aromatic heterocycles. The maximum absolute atomic E-state index is 13.3. The minimum Gasteiger partial charge on any atom is -0.326 e. The normalized spacial score (nSPS) is 11.6. The lowest BCUT2D eigenvalue weighted by Gasteiger charge is -2.18. The van der Waals surface area contributed by atoms with Crippen molar-refractivity contribution in [1.29, 1.82) is 0 Å². The van der Waals surface area contributed by atoms with E-state index in [0.717, 1.165) is 45.8 Å². The Kier molecular flexibility index (Phi) is 8.51. The van der Waals surface area contributed by atoms with Crippen LogP contribution in [0.15, 0.2) is 77.7 Å². The molecule has 0 bridgehead atoms. The summed E-state index contributed by atoms with van der Waals surface area (Å²) in [6, 6.07) is 23.5. The molecule has 3 aromatic rings. The Labute approximate surface area is 194 Å². The summed E-state index contributed by atoms with van der Waals surface area (Å²) in [5, 5.41) is 5.64. The molecule has 3 aromatic carbocycles. The number of rotatable bonds is 9. The van der Waals surface area contributed by atoms with E-state index in [-0.39, 0.29) is 11.8 Å². The first-order valence-corrected chi connectivity index (χ1v) is 11.8. The van der Waals surface area contributed by atoms with E-state index in [1.807, 2.05) is 86.6 Å². The Hall–Kier alpha value is -3.05. The van der Waals surface area contributed by atoms with Gasteiger partial charge in [-0.15, -0.1) is 11.8 Å². The smallest absolute Gasteiger partial charge is 0.242 e. The van der Waals surface area contributed by atoms with Crippen LogP contribution in [0.5, 0.6) is 0 Å². The van der Waals surface area contributed by atoms with Gasteiger partial charge in [-0.3, -0.25) is 9.59 Å². The van der Waals surface area contributed by atoms with E-state index in [1.165, 1.54) is 11.8 Å². The van der Waals surface area contributed by atoms with Gasteiger partial charge in [0.25, 0.3) is 0 Å². The monoisotopic (exact) mass is 446 g/mol. The molecule has 4 nitrogen and oxygen atoms in total. The van der Waals surface area contributed by atoms with Crippen LogP contribution in [0.2, 0.25) is 0 Å². The minimum atomic E-state index is -0.402. The Bertz CT molecular complexity index is 1050. The van der Waals surface area contributed by atoms with Gasteiger partial charge in [0.1, 0.15) is 5.25 Å². The van der Waals surface area contributed by atoms with Crippen LogP contribution in [0.3, 0.4) is 0 Å². The zero-order valence-corrected chi connectivity index (χ0v) is 19.7. The second-order valence-electron chi connectivity index (χ2n) is 7.89. The number of carbonyl (C=O) groups is 2. The van der Waals surface area contributed by atoms with Gasteiger partial charge in [-0.25, -0.2) is 0 Å². The molecule has 0 spiro atoms. The fourth-order valence-corrected chi connectivity index (χ4v) is 4.31. The van der Waals surface area contributed by atoms with Crippen molar-refractivity contribution in [2.45, 2.75) is 50.2 Å². The first-order chi connectivity index (χ1) is 15.5. The van der Waals surface area contributed by atoms with E-state index in [9.17, 15) is 9.59 Å². The number of unbranched alkanes of at least 4 members (excludes halogenated alkanes) is 1. The Morgan fingerprint density at radius 2 is 1.62 bits per heavy atom. The van der Waals surface area contributed by atoms with Crippen LogP contribution in [0.4, 0.5) is 11.4 Å². The number of thioether (sulfide) groups is 1. The number of carbonyl (C=O) groups excluding carboxylic acids is 2. The quantitative estimate of drug-likeness (QED) is 0.351. The summed E-state index contributed by atoms with van der Waals surface area (Å²) in [6.45, 7) is 6.08. The van der Waals surface area contributed by atoms with Crippen molar-refractivity contribution in [2.75, 3.05) is 10.6 Å². The van der Waals surface area contributed by atoms with Crippen molar-refractivity contribution in [3.8, 4) is 0 Å². The highest BCUT2D eigenvalue weighted by Gasteiger charge is 2.22. The largest absolute Gasteiger partial charge is 0.326 e. The number of aryl methyl sites for hydroxylation is 2. The molecule has 0 heterocycles. The van der Waals surface area contributed by atoms with Crippen molar-refractivity contribution < 1.29 is 9.59 Å². The van der Waals surface area contributed by atoms with E-state index < -0.39 is 5.25 Å². The molecule has 1 atom stereocenters. The van der Waals surface area contributed by atoms with Gasteiger partial charge in [-0.2, -0.15) is 0 Å². The van der Waals surface area contributed by atoms with Gasteiger partial charge < -0.3 is 10.6 Å². The molecular weight excluding hydrogens is 416 g/mol. The molecular formula is C27H30N2O2S. The highest BCUT2D eigenvalue weighted by molar-refractivity contribution is 8.00. The summed E-state index contributed by atoms with van der Waals surface area (Å²) in [6.07, 6.45) is 2.41. The molecule has 0 saturated heterocycles. The molecule has 0 fully saturated rings. The van der Waals surface area contributed by atoms with Gasteiger partial charge in [0.15, 0.2) is 0 Å². The number of anilines is 2. The topological polar surface area (TPSA) is 58.2 Å². The highest BCUT2D eigenvalue weighted by atomic mass is 32.2. The average molecular weight is 447 g/mol. The Morgan fingerprint density at radius 3 is 2.31 bits per heavy atom. The molecule has 2 N–H and O–H groups in total. The molecule has 0 aliphatic carbocycles. The minimum absolute atomic E-state index is 0.0299. The van der Waals surface area contributed by atoms with Gasteiger partial charge in [0, 0.05) is 22.7 Å². The SMILES string of the molecule is CCCCC(=O)Nc1ccc(SC(C(=O)Nc2cc(C)ccc2C)c2ccccc2)cc1. The van der Waals surface area contributed by atoms with Gasteiger partial charge in [-0.05, 0) is 67.3 Å². The molecule has 5 heteroatoms. The van der Waals surface area contributed by atoms with Crippen molar-refractivity contribution in [2.24, 2.45) is 0 Å². The number of benzene rings is 3. The highest BCUT2D eigenvalue weighted by Crippen LogP contribution is 2.37. The van der Waals surface area contributed by atoms with E-state index in [0.29, 0.717) is 6.42 Å². The molecule has 32 heavy (non-hydrogen) atoms. The summed E-state index contributed by atoms with van der Waals surface area (Å²) in [5.74, 6) is -0.0332. The summed E-state index contributed by atoms with van der Waals surface area (Å²) >= 11 is 1.50. The predicted octanol–water partition coefficient (Wildman–Crippen LogP) is 6.90. The maximum Gasteiger partial charge on any atom is 0.242 e. The summed E-state index contributed by atoms with van der Waals surface area (Å²) in [7, 11) is 0. The molecule has 1 unspecified atom stereocenters. The predicted molar refractivity (Wildman–Crippen MR) is 134 cm³/mol. The molecule has 0 radical (unpaired) electrons. The lowest BCUT2D eigenvalue weighted by molar-refractivity contribution is -0.116. The number of hydrogen-bond donors (Lipinski definition) is 2. The van der Waals surface area contributed by atoms with Crippen LogP contribution in [0, 0.1) is 13.8 Å². The molecule has 166 valence electrons. The van der Waals surface area contributed by atoms with Gasteiger partial charge >= 0.3 is 0 Å². The molecule has 0 aliphatic heterocycles. The maximum atomic E-state index is 13.3. The third kappa shape index (κ3) is 6.72. The summed E-state index contributed by atoms with van der Waals surface area (Å²) < 4.78 is 0. The van der Waals surface area contributed by atoms with Crippen LogP contribution < -0.4 is 10.6 Å². The van der Waals surface area contributed by atoms with Crippen LogP contribution in [0.25, 0.3) is 0 Å². The lowest BCUT2D eigenvalue weighted by Crippen LogP contribution is -2.19. The summed E-state index contributed by atoms with van der Waals surface area (Å²) in [4.78, 5) is 26.2. The Balaban J connectivity index is 1.76. The number of nitrogens with one attached hydrogen (secondary N) is 2. The lowest BCUT2D eigenvalue weighted by atomic mass is 10.1. The van der Waals surface area contributed by atoms with Crippen LogP contribution in [-0.4, -0.2) is 11.8 Å². The first kappa shape index (κ1) is 23.6. The molecule has 0 saturated carbocycles. The summed E-state index contributed by atoms with van der Waals surface area (Å²) in [5.41, 5.74) is 4.68. The van der Waals surface area contributed by atoms with Gasteiger partial charge in [-0.1, -0.05) is 55.8 Å². The van der Waals surface area contributed by atoms with Crippen molar-refractivity contribution >= 4 is 35.0 Å². The van der Waals surface area contributed by atoms with E-state index in [1.54, 1.807) is 0 Å². The number of amides is 2. The fraction of sp³-hybridized carbons (Fsp3) is 0.259. The molecule has 0 aliphatic rings. The second kappa shape index (κ2) is 11.5. The molecule has 2 amide bonds. The van der Waals surface area contributed by atoms with Crippen LogP contribution in [-0.2, 0) is 9.59 Å². The third-order valence-corrected chi connectivity index (χ3v) is 6.41. The Morgan fingerprint density at radius 1 is 0.906 bits per heavy atom. The van der Waals surface area contributed by atoms with Crippen molar-refractivity contribution in [3.05, 3.63) is 89.5 Å². The van der Waals surface area contributed by atoms with Crippen LogP contribution in [0.1, 0.15) is 48.1 Å². The van der Waals surface area contributed by atoms with E-state index >= 15 is 0 Å². The van der Waals surface area contributed by atoms with Crippen LogP contribution >= 0.6 is 11.8 Å². The third-order valence-electron chi connectivity index (χ3n) is 5.14. The van der Waals surface area contributed by atoms with Gasteiger partial charge in [0.2, 0.25) is 11.8 Å². The fourth-order valence-electron chi connectivity index (χ4n) is 3.28.